The molecule has 0 unspecified atom stereocenters. The zero-order chi connectivity index (χ0) is 14.7. The molecule has 108 valence electrons. The van der Waals surface area contributed by atoms with E-state index >= 15 is 0 Å². The lowest BCUT2D eigenvalue weighted by atomic mass is 10.2. The predicted octanol–water partition coefficient (Wildman–Crippen LogP) is 2.63. The smallest absolute Gasteiger partial charge is 0.264 e. The molecule has 3 nitrogen and oxygen atoms in total. The number of nitrogens with two attached hydrogens (primary N) is 1. The molecule has 0 aliphatic heterocycles. The fourth-order valence-electron chi connectivity index (χ4n) is 2.16. The first kappa shape index (κ1) is 15.1. The Kier molecular flexibility index (Phi) is 4.85. The highest BCUT2D eigenvalue weighted by Crippen LogP contribution is 2.31. The summed E-state index contributed by atoms with van der Waals surface area (Å²) in [4.78, 5) is 16.5. The minimum Gasteiger partial charge on any atom is -0.335 e. The summed E-state index contributed by atoms with van der Waals surface area (Å²) >= 11 is 1.49. The third-order valence-electron chi connectivity index (χ3n) is 3.24. The monoisotopic (exact) mass is 290 g/mol. The zero-order valence-corrected chi connectivity index (χ0v) is 13.2. The van der Waals surface area contributed by atoms with Crippen LogP contribution in [-0.2, 0) is 0 Å². The van der Waals surface area contributed by atoms with Gasteiger partial charge >= 0.3 is 0 Å². The number of aryl methyl sites for hydroxylation is 1. The third-order valence-corrected chi connectivity index (χ3v) is 4.38. The molecule has 0 atom stereocenters. The molecule has 1 aromatic heterocycles. The quantitative estimate of drug-likeness (QED) is 0.867. The van der Waals surface area contributed by atoms with Gasteiger partial charge in [-0.3, -0.25) is 4.79 Å². The average Bonchev–Trinajstić information content (AvgIpc) is 3.17. The van der Waals surface area contributed by atoms with Gasteiger partial charge in [-0.1, -0.05) is 25.7 Å². The summed E-state index contributed by atoms with van der Waals surface area (Å²) in [5.74, 6) is 6.56. The Hall–Kier alpha value is -1.31. The van der Waals surface area contributed by atoms with Gasteiger partial charge in [-0.25, -0.2) is 0 Å². The molecule has 1 fully saturated rings. The van der Waals surface area contributed by atoms with E-state index in [4.69, 9.17) is 5.73 Å². The van der Waals surface area contributed by atoms with Crippen molar-refractivity contribution in [1.29, 1.82) is 0 Å². The van der Waals surface area contributed by atoms with Crippen molar-refractivity contribution in [2.75, 3.05) is 13.1 Å². The van der Waals surface area contributed by atoms with Crippen molar-refractivity contribution in [3.63, 3.8) is 0 Å². The molecular formula is C16H22N2OS. The van der Waals surface area contributed by atoms with Crippen molar-refractivity contribution in [3.05, 3.63) is 21.4 Å². The van der Waals surface area contributed by atoms with E-state index in [0.717, 1.165) is 34.7 Å². The lowest BCUT2D eigenvalue weighted by molar-refractivity contribution is 0.0727. The van der Waals surface area contributed by atoms with Crippen LogP contribution >= 0.6 is 11.3 Å². The van der Waals surface area contributed by atoms with Crippen molar-refractivity contribution in [3.8, 4) is 11.8 Å². The Labute approximate surface area is 125 Å². The molecule has 0 saturated heterocycles. The van der Waals surface area contributed by atoms with E-state index in [1.54, 1.807) is 0 Å². The molecule has 1 heterocycles. The first-order valence-corrected chi connectivity index (χ1v) is 7.95. The molecule has 2 rings (SSSR count). The van der Waals surface area contributed by atoms with Crippen LogP contribution in [0, 0.1) is 24.7 Å². The summed E-state index contributed by atoms with van der Waals surface area (Å²) in [6, 6.07) is 2.41. The predicted molar refractivity (Wildman–Crippen MR) is 83.9 cm³/mol. The maximum atomic E-state index is 12.7. The molecule has 1 saturated carbocycles. The number of rotatable bonds is 4. The molecular weight excluding hydrogens is 268 g/mol. The molecule has 4 heteroatoms. The minimum absolute atomic E-state index is 0.162. The normalized spacial score (nSPS) is 14.1. The van der Waals surface area contributed by atoms with Gasteiger partial charge in [-0.15, -0.1) is 11.3 Å². The van der Waals surface area contributed by atoms with Gasteiger partial charge in [-0.2, -0.15) is 0 Å². The molecule has 0 spiro atoms. The number of carbonyl (C=O) groups is 1. The van der Waals surface area contributed by atoms with Crippen molar-refractivity contribution in [2.24, 2.45) is 11.7 Å². The van der Waals surface area contributed by atoms with E-state index in [1.165, 1.54) is 11.3 Å². The lowest BCUT2D eigenvalue weighted by Gasteiger charge is -2.23. The Bertz CT molecular complexity index is 547. The Morgan fingerprint density at radius 1 is 1.55 bits per heavy atom. The maximum Gasteiger partial charge on any atom is 0.264 e. The van der Waals surface area contributed by atoms with Crippen LogP contribution in [0.15, 0.2) is 6.07 Å². The van der Waals surface area contributed by atoms with E-state index in [-0.39, 0.29) is 5.91 Å². The number of carbonyl (C=O) groups excluding carboxylic acids is 1. The van der Waals surface area contributed by atoms with E-state index in [1.807, 2.05) is 17.9 Å². The fraction of sp³-hybridized carbons (Fsp3) is 0.562. The molecule has 0 aromatic carbocycles. The van der Waals surface area contributed by atoms with Gasteiger partial charge in [0.25, 0.3) is 5.91 Å². The van der Waals surface area contributed by atoms with Crippen molar-refractivity contribution >= 4 is 17.2 Å². The van der Waals surface area contributed by atoms with Crippen LogP contribution in [0.2, 0.25) is 0 Å². The molecule has 0 bridgehead atoms. The molecule has 1 amide bonds. The van der Waals surface area contributed by atoms with Crippen molar-refractivity contribution in [2.45, 2.75) is 39.7 Å². The van der Waals surface area contributed by atoms with E-state index in [2.05, 4.69) is 25.7 Å². The van der Waals surface area contributed by atoms with Gasteiger partial charge in [0.15, 0.2) is 0 Å². The highest BCUT2D eigenvalue weighted by molar-refractivity contribution is 7.14. The minimum atomic E-state index is 0.162. The second-order valence-electron chi connectivity index (χ2n) is 5.71. The number of amides is 1. The van der Waals surface area contributed by atoms with Crippen LogP contribution in [0.1, 0.15) is 46.8 Å². The highest BCUT2D eigenvalue weighted by atomic mass is 32.1. The van der Waals surface area contributed by atoms with Gasteiger partial charge in [0.05, 0.1) is 16.3 Å². The first-order valence-electron chi connectivity index (χ1n) is 7.13. The Balaban J connectivity index is 2.18. The fourth-order valence-corrected chi connectivity index (χ4v) is 3.17. The number of thiophene rings is 1. The SMILES string of the molecule is Cc1cc(C(=O)N(CC(C)C)C2CC2)sc1C#CCN. The highest BCUT2D eigenvalue weighted by Gasteiger charge is 2.34. The first-order chi connectivity index (χ1) is 9.52. The van der Waals surface area contributed by atoms with Crippen LogP contribution < -0.4 is 5.73 Å². The van der Waals surface area contributed by atoms with Crippen molar-refractivity contribution in [1.82, 2.24) is 4.90 Å². The van der Waals surface area contributed by atoms with E-state index in [0.29, 0.717) is 18.5 Å². The summed E-state index contributed by atoms with van der Waals surface area (Å²) in [5.41, 5.74) is 6.47. The summed E-state index contributed by atoms with van der Waals surface area (Å²) in [6.45, 7) is 7.49. The number of nitrogens with zero attached hydrogens (tertiary/aromatic N) is 1. The maximum absolute atomic E-state index is 12.7. The van der Waals surface area contributed by atoms with Gasteiger partial charge in [0, 0.05) is 12.6 Å². The van der Waals surface area contributed by atoms with E-state index in [9.17, 15) is 4.79 Å². The second-order valence-corrected chi connectivity index (χ2v) is 6.76. The Morgan fingerprint density at radius 3 is 2.80 bits per heavy atom. The van der Waals surface area contributed by atoms with Gasteiger partial charge in [0.1, 0.15) is 0 Å². The average molecular weight is 290 g/mol. The molecule has 2 N–H and O–H groups in total. The summed E-state index contributed by atoms with van der Waals surface area (Å²) < 4.78 is 0. The summed E-state index contributed by atoms with van der Waals surface area (Å²) in [6.07, 6.45) is 2.28. The van der Waals surface area contributed by atoms with Gasteiger partial charge < -0.3 is 10.6 Å². The summed E-state index contributed by atoms with van der Waals surface area (Å²) in [5, 5.41) is 0. The number of hydrogen-bond donors (Lipinski definition) is 1. The van der Waals surface area contributed by atoms with Crippen LogP contribution in [0.25, 0.3) is 0 Å². The lowest BCUT2D eigenvalue weighted by Crippen LogP contribution is -2.35. The molecule has 20 heavy (non-hydrogen) atoms. The third kappa shape index (κ3) is 3.62. The van der Waals surface area contributed by atoms with Gasteiger partial charge in [0.2, 0.25) is 0 Å². The summed E-state index contributed by atoms with van der Waals surface area (Å²) in [7, 11) is 0. The van der Waals surface area contributed by atoms with Crippen LogP contribution in [0.5, 0.6) is 0 Å². The molecule has 1 aliphatic carbocycles. The van der Waals surface area contributed by atoms with Gasteiger partial charge in [-0.05, 0) is 37.3 Å². The largest absolute Gasteiger partial charge is 0.335 e. The topological polar surface area (TPSA) is 46.3 Å². The zero-order valence-electron chi connectivity index (χ0n) is 12.4. The standard InChI is InChI=1S/C16H22N2OS/c1-11(2)10-18(13-6-7-13)16(19)15-9-12(3)14(20-15)5-4-8-17/h9,11,13H,6-8,10,17H2,1-3H3. The van der Waals surface area contributed by atoms with E-state index < -0.39 is 0 Å². The van der Waals surface area contributed by atoms with Crippen LogP contribution in [-0.4, -0.2) is 29.9 Å². The number of hydrogen-bond acceptors (Lipinski definition) is 3. The van der Waals surface area contributed by atoms with Crippen LogP contribution in [0.3, 0.4) is 0 Å². The van der Waals surface area contributed by atoms with Crippen LogP contribution in [0.4, 0.5) is 0 Å². The van der Waals surface area contributed by atoms with Crippen molar-refractivity contribution < 1.29 is 4.79 Å². The molecule has 1 aliphatic rings. The molecule has 0 radical (unpaired) electrons. The Morgan fingerprint density at radius 2 is 2.25 bits per heavy atom. The molecule has 1 aromatic rings. The second kappa shape index (κ2) is 6.43.